The van der Waals surface area contributed by atoms with Gasteiger partial charge < -0.3 is 4.90 Å². The summed E-state index contributed by atoms with van der Waals surface area (Å²) in [6.45, 7) is 5.16. The Balaban J connectivity index is 1.36. The van der Waals surface area contributed by atoms with E-state index in [2.05, 4.69) is 39.9 Å². The average Bonchev–Trinajstić information content (AvgIpc) is 3.32. The molecule has 2 aliphatic heterocycles. The number of likely N-dealkylation sites (tertiary alicyclic amines) is 1. The first-order valence-electron chi connectivity index (χ1n) is 8.65. The van der Waals surface area contributed by atoms with Crippen LogP contribution in [0, 0.1) is 6.92 Å². The summed E-state index contributed by atoms with van der Waals surface area (Å²) in [5.74, 6) is 0. The number of thiazole rings is 1. The third-order valence-electron chi connectivity index (χ3n) is 5.43. The van der Waals surface area contributed by atoms with E-state index in [0.29, 0.717) is 12.1 Å². The number of fused-ring (bicyclic) bond motifs is 3. The summed E-state index contributed by atoms with van der Waals surface area (Å²) < 4.78 is 1.23. The molecule has 1 aromatic carbocycles. The number of aromatic nitrogens is 2. The van der Waals surface area contributed by atoms with E-state index in [1.807, 2.05) is 18.3 Å². The Morgan fingerprint density at radius 3 is 2.88 bits per heavy atom. The molecule has 2 aromatic heterocycles. The lowest BCUT2D eigenvalue weighted by Gasteiger charge is -2.33. The molecule has 2 unspecified atom stereocenters. The second-order valence-corrected chi connectivity index (χ2v) is 8.38. The second kappa shape index (κ2) is 5.94. The highest BCUT2D eigenvalue weighted by atomic mass is 35.5. The maximum absolute atomic E-state index is 6.25. The molecule has 5 rings (SSSR count). The average molecular weight is 371 g/mol. The molecule has 6 heteroatoms. The van der Waals surface area contributed by atoms with Crippen molar-refractivity contribution >= 4 is 38.3 Å². The fourth-order valence-electron chi connectivity index (χ4n) is 4.09. The van der Waals surface area contributed by atoms with Gasteiger partial charge in [-0.1, -0.05) is 29.0 Å². The number of piperazine rings is 1. The number of nitrogens with zero attached hydrogens (tertiary/aromatic N) is 4. The normalized spacial score (nSPS) is 23.0. The van der Waals surface area contributed by atoms with Crippen molar-refractivity contribution in [1.29, 1.82) is 0 Å². The molecule has 2 aliphatic rings. The lowest BCUT2D eigenvalue weighted by Crippen LogP contribution is -2.46. The number of rotatable bonds is 3. The zero-order valence-electron chi connectivity index (χ0n) is 14.0. The third kappa shape index (κ3) is 2.62. The summed E-state index contributed by atoms with van der Waals surface area (Å²) in [7, 11) is 0. The molecule has 2 fully saturated rings. The van der Waals surface area contributed by atoms with E-state index >= 15 is 0 Å². The fourth-order valence-corrected chi connectivity index (χ4v) is 5.35. The second-order valence-electron chi connectivity index (χ2n) is 6.96. The third-order valence-corrected chi connectivity index (χ3v) is 6.89. The van der Waals surface area contributed by atoms with Crippen molar-refractivity contribution in [2.24, 2.45) is 0 Å². The molecular formula is C19H19ClN4S. The van der Waals surface area contributed by atoms with Crippen LogP contribution < -0.4 is 4.90 Å². The van der Waals surface area contributed by atoms with Crippen LogP contribution in [0.25, 0.3) is 10.2 Å². The van der Waals surface area contributed by atoms with Crippen molar-refractivity contribution in [3.8, 4) is 0 Å². The molecule has 0 N–H and O–H groups in total. The van der Waals surface area contributed by atoms with E-state index in [0.717, 1.165) is 46.6 Å². The van der Waals surface area contributed by atoms with Gasteiger partial charge >= 0.3 is 0 Å². The molecule has 2 atom stereocenters. The maximum atomic E-state index is 6.25. The van der Waals surface area contributed by atoms with Crippen LogP contribution in [-0.2, 0) is 6.54 Å². The predicted molar refractivity (Wildman–Crippen MR) is 104 cm³/mol. The summed E-state index contributed by atoms with van der Waals surface area (Å²) >= 11 is 8.04. The Bertz CT molecular complexity index is 926. The molecule has 2 bridgehead atoms. The molecule has 4 nitrogen and oxygen atoms in total. The zero-order valence-corrected chi connectivity index (χ0v) is 15.6. The van der Waals surface area contributed by atoms with Crippen LogP contribution >= 0.6 is 22.9 Å². The van der Waals surface area contributed by atoms with Crippen LogP contribution in [0.4, 0.5) is 5.13 Å². The number of hydrogen-bond donors (Lipinski definition) is 0. The number of halogens is 1. The predicted octanol–water partition coefficient (Wildman–Crippen LogP) is 4.12. The Morgan fingerprint density at radius 2 is 2.12 bits per heavy atom. The van der Waals surface area contributed by atoms with Crippen LogP contribution in [0.5, 0.6) is 0 Å². The van der Waals surface area contributed by atoms with Gasteiger partial charge in [0.05, 0.1) is 15.9 Å². The van der Waals surface area contributed by atoms with Gasteiger partial charge in [0.2, 0.25) is 0 Å². The Morgan fingerprint density at radius 1 is 1.20 bits per heavy atom. The van der Waals surface area contributed by atoms with E-state index in [9.17, 15) is 0 Å². The molecule has 0 saturated carbocycles. The quantitative estimate of drug-likeness (QED) is 0.694. The Kier molecular flexibility index (Phi) is 3.69. The maximum Gasteiger partial charge on any atom is 0.186 e. The molecule has 128 valence electrons. The number of anilines is 1. The van der Waals surface area contributed by atoms with E-state index in [1.54, 1.807) is 11.3 Å². The number of aryl methyl sites for hydroxylation is 1. The number of hydrogen-bond acceptors (Lipinski definition) is 5. The van der Waals surface area contributed by atoms with Crippen molar-refractivity contribution in [2.75, 3.05) is 18.0 Å². The smallest absolute Gasteiger partial charge is 0.186 e. The molecular weight excluding hydrogens is 352 g/mol. The van der Waals surface area contributed by atoms with E-state index in [-0.39, 0.29) is 0 Å². The van der Waals surface area contributed by atoms with Gasteiger partial charge in [-0.05, 0) is 43.2 Å². The fraction of sp³-hybridized carbons (Fsp3) is 0.368. The van der Waals surface area contributed by atoms with Crippen LogP contribution in [0.2, 0.25) is 5.02 Å². The van der Waals surface area contributed by atoms with Crippen molar-refractivity contribution in [2.45, 2.75) is 32.0 Å². The Hall–Kier alpha value is -1.69. The van der Waals surface area contributed by atoms with E-state index < -0.39 is 0 Å². The standard InChI is InChI=1S/C19H19ClN4S/c1-12-16(20)5-6-17-18(12)22-19(25-17)24-11-14-8-15(24)10-23(14)9-13-4-2-3-7-21-13/h2-7,14-15H,8-11H2,1H3. The minimum atomic E-state index is 0.560. The first-order valence-corrected chi connectivity index (χ1v) is 9.85. The van der Waals surface area contributed by atoms with Crippen molar-refractivity contribution in [3.05, 3.63) is 52.8 Å². The highest BCUT2D eigenvalue weighted by Crippen LogP contribution is 2.40. The van der Waals surface area contributed by atoms with E-state index in [4.69, 9.17) is 16.6 Å². The van der Waals surface area contributed by atoms with Gasteiger partial charge in [-0.3, -0.25) is 9.88 Å². The summed E-state index contributed by atoms with van der Waals surface area (Å²) in [5.41, 5.74) is 3.30. The van der Waals surface area contributed by atoms with Gasteiger partial charge in [-0.25, -0.2) is 4.98 Å². The zero-order chi connectivity index (χ0) is 17.0. The largest absolute Gasteiger partial charge is 0.342 e. The SMILES string of the molecule is Cc1c(Cl)ccc2sc(N3CC4CC3CN4Cc3ccccn3)nc12. The van der Waals surface area contributed by atoms with Gasteiger partial charge in [0.15, 0.2) is 5.13 Å². The minimum Gasteiger partial charge on any atom is -0.342 e. The first kappa shape index (κ1) is 15.6. The van der Waals surface area contributed by atoms with Gasteiger partial charge in [-0.2, -0.15) is 0 Å². The lowest BCUT2D eigenvalue weighted by atomic mass is 10.2. The molecule has 25 heavy (non-hydrogen) atoms. The van der Waals surface area contributed by atoms with Crippen LogP contribution in [-0.4, -0.2) is 40.0 Å². The molecule has 0 aliphatic carbocycles. The van der Waals surface area contributed by atoms with Crippen LogP contribution in [0.3, 0.4) is 0 Å². The highest BCUT2D eigenvalue weighted by molar-refractivity contribution is 7.22. The monoisotopic (exact) mass is 370 g/mol. The molecule has 3 aromatic rings. The van der Waals surface area contributed by atoms with Crippen LogP contribution in [0.15, 0.2) is 36.5 Å². The summed E-state index contributed by atoms with van der Waals surface area (Å²) in [5, 5.41) is 1.94. The van der Waals surface area contributed by atoms with Gasteiger partial charge in [0.25, 0.3) is 0 Å². The number of pyridine rings is 1. The van der Waals surface area contributed by atoms with Crippen molar-refractivity contribution in [1.82, 2.24) is 14.9 Å². The Labute approximate surface area is 156 Å². The topological polar surface area (TPSA) is 32.3 Å². The lowest BCUT2D eigenvalue weighted by molar-refractivity contribution is 0.228. The minimum absolute atomic E-state index is 0.560. The van der Waals surface area contributed by atoms with Gasteiger partial charge in [0.1, 0.15) is 0 Å². The molecule has 0 spiro atoms. The van der Waals surface area contributed by atoms with Gasteiger partial charge in [-0.15, -0.1) is 0 Å². The summed E-state index contributed by atoms with van der Waals surface area (Å²) in [6.07, 6.45) is 3.10. The van der Waals surface area contributed by atoms with Crippen molar-refractivity contribution < 1.29 is 0 Å². The van der Waals surface area contributed by atoms with Gasteiger partial charge in [0, 0.05) is 42.9 Å². The number of benzene rings is 1. The van der Waals surface area contributed by atoms with Crippen molar-refractivity contribution in [3.63, 3.8) is 0 Å². The first-order chi connectivity index (χ1) is 12.2. The van der Waals surface area contributed by atoms with Crippen LogP contribution in [0.1, 0.15) is 17.7 Å². The summed E-state index contributed by atoms with van der Waals surface area (Å²) in [6, 6.07) is 11.4. The molecule has 4 heterocycles. The summed E-state index contributed by atoms with van der Waals surface area (Å²) in [4.78, 5) is 14.4. The van der Waals surface area contributed by atoms with E-state index in [1.165, 1.54) is 11.1 Å². The molecule has 2 saturated heterocycles. The highest BCUT2D eigenvalue weighted by Gasteiger charge is 2.44. The molecule has 0 amide bonds. The molecule has 0 radical (unpaired) electrons.